The number of carbonyl (C=O) groups is 2. The van der Waals surface area contributed by atoms with Crippen molar-refractivity contribution in [1.82, 2.24) is 10.2 Å². The Bertz CT molecular complexity index is 1410. The fourth-order valence-corrected chi connectivity index (χ4v) is 5.80. The number of halogens is 1. The van der Waals surface area contributed by atoms with Gasteiger partial charge < -0.3 is 43.7 Å². The van der Waals surface area contributed by atoms with Gasteiger partial charge >= 0.3 is 12.1 Å². The van der Waals surface area contributed by atoms with E-state index in [-0.39, 0.29) is 43.2 Å². The van der Waals surface area contributed by atoms with E-state index in [1.165, 1.54) is 12.0 Å². The van der Waals surface area contributed by atoms with Gasteiger partial charge in [-0.3, -0.25) is 4.79 Å². The molecule has 2 aliphatic heterocycles. The van der Waals surface area contributed by atoms with Gasteiger partial charge in [0.05, 0.1) is 65.3 Å². The van der Waals surface area contributed by atoms with Gasteiger partial charge in [-0.15, -0.1) is 0 Å². The van der Waals surface area contributed by atoms with E-state index in [0.717, 1.165) is 29.0 Å². The summed E-state index contributed by atoms with van der Waals surface area (Å²) in [5, 5.41) is 12.9. The van der Waals surface area contributed by atoms with Gasteiger partial charge in [0.2, 0.25) is 5.90 Å². The molecule has 256 valence electrons. The van der Waals surface area contributed by atoms with Crippen molar-refractivity contribution in [3.63, 3.8) is 0 Å². The SMILES string of the molecule is COC(=O)CC1=C(Cl)NC(C)(C)N=C1OCCOC1CN(C(=O)O)CCC1c1ccc(OCCCOCc2ccccc2OC)cc1. The summed E-state index contributed by atoms with van der Waals surface area (Å²) in [5.74, 6) is 1.29. The fourth-order valence-electron chi connectivity index (χ4n) is 5.42. The van der Waals surface area contributed by atoms with Gasteiger partial charge in [-0.05, 0) is 44.0 Å². The molecule has 0 aromatic heterocycles. The first-order valence-corrected chi connectivity index (χ1v) is 16.0. The number of hydrogen-bond donors (Lipinski definition) is 2. The Hall–Kier alpha value is -4.00. The summed E-state index contributed by atoms with van der Waals surface area (Å²) in [6, 6.07) is 15.6. The number of aliphatic imine (C=N–C) groups is 1. The van der Waals surface area contributed by atoms with Gasteiger partial charge in [-0.1, -0.05) is 41.9 Å². The Morgan fingerprint density at radius 3 is 2.53 bits per heavy atom. The Balaban J connectivity index is 1.28. The second kappa shape index (κ2) is 17.2. The highest BCUT2D eigenvalue weighted by atomic mass is 35.5. The largest absolute Gasteiger partial charge is 0.496 e. The topological polar surface area (TPSA) is 137 Å². The molecule has 13 heteroatoms. The van der Waals surface area contributed by atoms with Crippen LogP contribution in [0.1, 0.15) is 50.2 Å². The third kappa shape index (κ3) is 10.5. The third-order valence-corrected chi connectivity index (χ3v) is 8.13. The van der Waals surface area contributed by atoms with E-state index in [1.54, 1.807) is 7.11 Å². The van der Waals surface area contributed by atoms with Crippen molar-refractivity contribution in [3.05, 3.63) is 70.4 Å². The predicted molar refractivity (Wildman–Crippen MR) is 176 cm³/mol. The zero-order chi connectivity index (χ0) is 33.8. The Labute approximate surface area is 280 Å². The van der Waals surface area contributed by atoms with Crippen molar-refractivity contribution in [2.75, 3.05) is 53.7 Å². The van der Waals surface area contributed by atoms with Crippen LogP contribution in [0.5, 0.6) is 11.5 Å². The number of carboxylic acid groups (broad SMARTS) is 1. The summed E-state index contributed by atoms with van der Waals surface area (Å²) >= 11 is 6.41. The number of ether oxygens (including phenoxy) is 6. The van der Waals surface area contributed by atoms with Gasteiger partial charge in [-0.25, -0.2) is 9.79 Å². The maximum atomic E-state index is 12.0. The molecule has 47 heavy (non-hydrogen) atoms. The lowest BCUT2D eigenvalue weighted by molar-refractivity contribution is -0.139. The van der Waals surface area contributed by atoms with Crippen molar-refractivity contribution in [2.45, 2.75) is 57.4 Å². The first kappa shape index (κ1) is 35.8. The molecule has 4 rings (SSSR count). The molecular formula is C34H44ClN3O9. The summed E-state index contributed by atoms with van der Waals surface area (Å²) < 4.78 is 34.0. The lowest BCUT2D eigenvalue weighted by Crippen LogP contribution is -2.46. The number of likely N-dealkylation sites (tertiary alicyclic amines) is 1. The maximum Gasteiger partial charge on any atom is 0.407 e. The van der Waals surface area contributed by atoms with Gasteiger partial charge in [0.25, 0.3) is 0 Å². The zero-order valence-electron chi connectivity index (χ0n) is 27.3. The molecule has 1 amide bonds. The number of esters is 1. The van der Waals surface area contributed by atoms with Crippen LogP contribution in [0.25, 0.3) is 0 Å². The fraction of sp³-hybridized carbons (Fsp3) is 0.500. The summed E-state index contributed by atoms with van der Waals surface area (Å²) in [6.45, 7) is 6.11. The second-order valence-electron chi connectivity index (χ2n) is 11.7. The molecule has 1 fully saturated rings. The summed E-state index contributed by atoms with van der Waals surface area (Å²) in [5.41, 5.74) is 1.70. The van der Waals surface area contributed by atoms with E-state index in [2.05, 4.69) is 10.3 Å². The van der Waals surface area contributed by atoms with Crippen molar-refractivity contribution < 1.29 is 43.1 Å². The van der Waals surface area contributed by atoms with E-state index in [9.17, 15) is 14.7 Å². The highest BCUT2D eigenvalue weighted by Gasteiger charge is 2.34. The smallest absolute Gasteiger partial charge is 0.407 e. The molecule has 12 nitrogen and oxygen atoms in total. The number of hydrogen-bond acceptors (Lipinski definition) is 10. The number of benzene rings is 2. The van der Waals surface area contributed by atoms with Crippen LogP contribution >= 0.6 is 11.6 Å². The number of carbonyl (C=O) groups excluding carboxylic acids is 1. The minimum atomic E-state index is -0.984. The third-order valence-electron chi connectivity index (χ3n) is 7.81. The van der Waals surface area contributed by atoms with Crippen molar-refractivity contribution in [3.8, 4) is 11.5 Å². The van der Waals surface area contributed by atoms with Crippen LogP contribution in [0, 0.1) is 0 Å². The van der Waals surface area contributed by atoms with Crippen LogP contribution < -0.4 is 14.8 Å². The molecule has 0 spiro atoms. The number of nitrogens with zero attached hydrogens (tertiary/aromatic N) is 2. The molecule has 2 heterocycles. The molecule has 0 saturated carbocycles. The van der Waals surface area contributed by atoms with Gasteiger partial charge in [0.1, 0.15) is 28.9 Å². The molecule has 2 unspecified atom stereocenters. The van der Waals surface area contributed by atoms with Gasteiger partial charge in [0.15, 0.2) is 0 Å². The second-order valence-corrected chi connectivity index (χ2v) is 12.0. The van der Waals surface area contributed by atoms with E-state index in [0.29, 0.717) is 38.4 Å². The number of rotatable bonds is 15. The molecule has 2 N–H and O–H groups in total. The van der Waals surface area contributed by atoms with Crippen LogP contribution in [0.2, 0.25) is 0 Å². The van der Waals surface area contributed by atoms with E-state index >= 15 is 0 Å². The Kier molecular flexibility index (Phi) is 13.1. The zero-order valence-corrected chi connectivity index (χ0v) is 28.1. The van der Waals surface area contributed by atoms with Gasteiger partial charge in [-0.2, -0.15) is 0 Å². The molecule has 2 aromatic carbocycles. The molecular weight excluding hydrogens is 630 g/mol. The molecule has 0 bridgehead atoms. The summed E-state index contributed by atoms with van der Waals surface area (Å²) in [4.78, 5) is 29.6. The minimum Gasteiger partial charge on any atom is -0.496 e. The number of methoxy groups -OCH3 is 2. The van der Waals surface area contributed by atoms with Gasteiger partial charge in [0, 0.05) is 24.4 Å². The number of nitrogens with one attached hydrogen (secondary N) is 1. The molecule has 2 aromatic rings. The Morgan fingerprint density at radius 2 is 1.81 bits per heavy atom. The number of piperidine rings is 1. The summed E-state index contributed by atoms with van der Waals surface area (Å²) in [6.07, 6.45) is -0.142. The Morgan fingerprint density at radius 1 is 1.04 bits per heavy atom. The molecule has 0 radical (unpaired) electrons. The lowest BCUT2D eigenvalue weighted by Gasteiger charge is -2.37. The highest BCUT2D eigenvalue weighted by molar-refractivity contribution is 6.32. The van der Waals surface area contributed by atoms with Crippen LogP contribution in [-0.2, 0) is 30.3 Å². The van der Waals surface area contributed by atoms with E-state index in [1.807, 2.05) is 62.4 Å². The molecule has 2 atom stereocenters. The molecule has 0 aliphatic carbocycles. The lowest BCUT2D eigenvalue weighted by atomic mass is 9.87. The molecule has 1 saturated heterocycles. The normalized spacial score (nSPS) is 19.0. The quantitative estimate of drug-likeness (QED) is 0.146. The van der Waals surface area contributed by atoms with Crippen LogP contribution in [-0.4, -0.2) is 93.5 Å². The first-order chi connectivity index (χ1) is 22.6. The maximum absolute atomic E-state index is 12.0. The van der Waals surface area contributed by atoms with Crippen molar-refractivity contribution in [2.24, 2.45) is 4.99 Å². The van der Waals surface area contributed by atoms with Crippen LogP contribution in [0.4, 0.5) is 4.79 Å². The van der Waals surface area contributed by atoms with E-state index in [4.69, 9.17) is 40.0 Å². The summed E-state index contributed by atoms with van der Waals surface area (Å²) in [7, 11) is 2.94. The average molecular weight is 674 g/mol. The number of amides is 1. The van der Waals surface area contributed by atoms with Crippen molar-refractivity contribution >= 4 is 29.6 Å². The highest BCUT2D eigenvalue weighted by Crippen LogP contribution is 2.32. The standard InChI is InChI=1S/C34H44ClN3O9/c1-34(2)36-31(35)27(20-30(39)43-4)32(37-34)47-19-18-46-29-21-38(33(40)41)15-14-26(29)23-10-12-25(13-11-23)45-17-7-16-44-22-24-8-5-6-9-28(24)42-3/h5-6,8-13,26,29,36H,7,14-22H2,1-4H3,(H,40,41). The minimum absolute atomic E-state index is 0.0255. The van der Waals surface area contributed by atoms with Crippen molar-refractivity contribution in [1.29, 1.82) is 0 Å². The van der Waals surface area contributed by atoms with Crippen LogP contribution in [0.3, 0.4) is 0 Å². The average Bonchev–Trinajstić information content (AvgIpc) is 3.06. The van der Waals surface area contributed by atoms with Crippen LogP contribution in [0.15, 0.2) is 64.3 Å². The first-order valence-electron chi connectivity index (χ1n) is 15.6. The number of para-hydroxylation sites is 1. The monoisotopic (exact) mass is 673 g/mol. The predicted octanol–water partition coefficient (Wildman–Crippen LogP) is 5.30. The molecule has 2 aliphatic rings. The van der Waals surface area contributed by atoms with E-state index < -0.39 is 23.8 Å².